The number of para-hydroxylation sites is 1. The molecule has 0 saturated heterocycles. The summed E-state index contributed by atoms with van der Waals surface area (Å²) >= 11 is 0. The predicted octanol–water partition coefficient (Wildman–Crippen LogP) is 3.55. The summed E-state index contributed by atoms with van der Waals surface area (Å²) in [6.07, 6.45) is 2.11. The third kappa shape index (κ3) is 4.14. The molecule has 3 rings (SSSR count). The highest BCUT2D eigenvalue weighted by atomic mass is 16.6. The first-order chi connectivity index (χ1) is 12.1. The Balaban J connectivity index is 1.44. The molecule has 7 heteroatoms. The molecule has 3 aromatic rings. The molecule has 0 spiro atoms. The van der Waals surface area contributed by atoms with Gasteiger partial charge in [-0.1, -0.05) is 18.2 Å². The van der Waals surface area contributed by atoms with Gasteiger partial charge in [0.05, 0.1) is 4.92 Å². The monoisotopic (exact) mass is 339 g/mol. The van der Waals surface area contributed by atoms with Gasteiger partial charge < -0.3 is 15.0 Å². The molecule has 0 fully saturated rings. The molecule has 0 saturated carbocycles. The number of carbonyl (C=O) groups is 1. The lowest BCUT2D eigenvalue weighted by molar-refractivity contribution is -0.384. The van der Waals surface area contributed by atoms with Crippen molar-refractivity contribution >= 4 is 22.7 Å². The highest BCUT2D eigenvalue weighted by Gasteiger charge is 2.07. The number of H-pyrrole nitrogens is 1. The fraction of sp³-hybridized carbons (Fsp3) is 0.167. The van der Waals surface area contributed by atoms with Crippen molar-refractivity contribution in [1.29, 1.82) is 0 Å². The van der Waals surface area contributed by atoms with Crippen molar-refractivity contribution in [2.75, 3.05) is 6.54 Å². The van der Waals surface area contributed by atoms with Gasteiger partial charge in [-0.3, -0.25) is 10.1 Å². The van der Waals surface area contributed by atoms with Crippen molar-refractivity contribution in [2.24, 2.45) is 0 Å². The molecule has 2 N–H and O–H groups in total. The van der Waals surface area contributed by atoms with Crippen molar-refractivity contribution < 1.29 is 14.5 Å². The summed E-state index contributed by atoms with van der Waals surface area (Å²) in [5.41, 5.74) is 2.90. The second-order valence-corrected chi connectivity index (χ2v) is 5.54. The standard InChI is InChI=1S/C18H17N3O4/c22-18(25-12-13-5-7-15(8-6-13)21(23)24)19-10-9-14-11-20-17-4-2-1-3-16(14)17/h1-8,11,20H,9-10,12H2,(H,19,22). The lowest BCUT2D eigenvalue weighted by Crippen LogP contribution is -2.26. The number of fused-ring (bicyclic) bond motifs is 1. The van der Waals surface area contributed by atoms with E-state index in [0.717, 1.165) is 16.5 Å². The van der Waals surface area contributed by atoms with Gasteiger partial charge in [-0.05, 0) is 35.7 Å². The van der Waals surface area contributed by atoms with E-state index in [1.54, 1.807) is 12.1 Å². The Kier molecular flexibility index (Phi) is 4.94. The van der Waals surface area contributed by atoms with Crippen LogP contribution in [-0.4, -0.2) is 22.5 Å². The van der Waals surface area contributed by atoms with Gasteiger partial charge in [0.25, 0.3) is 5.69 Å². The van der Waals surface area contributed by atoms with E-state index >= 15 is 0 Å². The number of hydrogen-bond donors (Lipinski definition) is 2. The van der Waals surface area contributed by atoms with E-state index in [1.165, 1.54) is 12.1 Å². The van der Waals surface area contributed by atoms with Crippen molar-refractivity contribution in [1.82, 2.24) is 10.3 Å². The van der Waals surface area contributed by atoms with Gasteiger partial charge in [-0.15, -0.1) is 0 Å². The molecule has 0 aliphatic rings. The average molecular weight is 339 g/mol. The molecule has 0 radical (unpaired) electrons. The molecule has 0 aliphatic carbocycles. The minimum absolute atomic E-state index is 0.00642. The summed E-state index contributed by atoms with van der Waals surface area (Å²) in [6, 6.07) is 13.9. The lowest BCUT2D eigenvalue weighted by Gasteiger charge is -2.07. The third-order valence-electron chi connectivity index (χ3n) is 3.86. The number of hydrogen-bond acceptors (Lipinski definition) is 4. The van der Waals surface area contributed by atoms with Crippen molar-refractivity contribution in [3.05, 3.63) is 76.0 Å². The van der Waals surface area contributed by atoms with Gasteiger partial charge in [-0.2, -0.15) is 0 Å². The van der Waals surface area contributed by atoms with Gasteiger partial charge in [0, 0.05) is 35.8 Å². The molecule has 1 amide bonds. The van der Waals surface area contributed by atoms with Crippen LogP contribution in [0, 0.1) is 10.1 Å². The van der Waals surface area contributed by atoms with Crippen LogP contribution in [0.15, 0.2) is 54.7 Å². The summed E-state index contributed by atoms with van der Waals surface area (Å²) in [6.45, 7) is 0.526. The Labute approximate surface area is 143 Å². The van der Waals surface area contributed by atoms with Crippen molar-refractivity contribution in [3.63, 3.8) is 0 Å². The smallest absolute Gasteiger partial charge is 0.407 e. The maximum absolute atomic E-state index is 11.7. The topological polar surface area (TPSA) is 97.3 Å². The number of nitro groups is 1. The molecule has 0 bridgehead atoms. The molecule has 25 heavy (non-hydrogen) atoms. The minimum Gasteiger partial charge on any atom is -0.445 e. The molecule has 0 aliphatic heterocycles. The second kappa shape index (κ2) is 7.48. The first-order valence-electron chi connectivity index (χ1n) is 7.82. The first kappa shape index (κ1) is 16.5. The number of benzene rings is 2. The number of nitro benzene ring substituents is 1. The maximum Gasteiger partial charge on any atom is 0.407 e. The number of rotatable bonds is 6. The molecule has 7 nitrogen and oxygen atoms in total. The Morgan fingerprint density at radius 1 is 1.16 bits per heavy atom. The Morgan fingerprint density at radius 2 is 1.92 bits per heavy atom. The number of aromatic nitrogens is 1. The van der Waals surface area contributed by atoms with E-state index in [0.29, 0.717) is 18.5 Å². The molecular weight excluding hydrogens is 322 g/mol. The van der Waals surface area contributed by atoms with Crippen LogP contribution in [0.25, 0.3) is 10.9 Å². The minimum atomic E-state index is -0.516. The number of ether oxygens (including phenoxy) is 1. The zero-order valence-electron chi connectivity index (χ0n) is 13.4. The highest BCUT2D eigenvalue weighted by molar-refractivity contribution is 5.83. The predicted molar refractivity (Wildman–Crippen MR) is 93.3 cm³/mol. The summed E-state index contributed by atoms with van der Waals surface area (Å²) in [5, 5.41) is 14.4. The molecule has 128 valence electrons. The summed E-state index contributed by atoms with van der Waals surface area (Å²) in [4.78, 5) is 25.0. The van der Waals surface area contributed by atoms with Crippen LogP contribution in [0.5, 0.6) is 0 Å². The van der Waals surface area contributed by atoms with Crippen molar-refractivity contribution in [2.45, 2.75) is 13.0 Å². The number of nitrogens with zero attached hydrogens (tertiary/aromatic N) is 1. The van der Waals surface area contributed by atoms with Crippen LogP contribution in [0.2, 0.25) is 0 Å². The Morgan fingerprint density at radius 3 is 2.68 bits per heavy atom. The fourth-order valence-corrected chi connectivity index (χ4v) is 2.55. The lowest BCUT2D eigenvalue weighted by atomic mass is 10.1. The van der Waals surface area contributed by atoms with Gasteiger partial charge >= 0.3 is 6.09 Å². The van der Waals surface area contributed by atoms with Gasteiger partial charge in [0.1, 0.15) is 6.61 Å². The first-order valence-corrected chi connectivity index (χ1v) is 7.82. The van der Waals surface area contributed by atoms with Crippen LogP contribution >= 0.6 is 0 Å². The number of aromatic amines is 1. The summed E-state index contributed by atoms with van der Waals surface area (Å²) in [5.74, 6) is 0. The fourth-order valence-electron chi connectivity index (χ4n) is 2.55. The van der Waals surface area contributed by atoms with Crippen molar-refractivity contribution in [3.8, 4) is 0 Å². The molecule has 0 unspecified atom stereocenters. The molecule has 1 heterocycles. The van der Waals surface area contributed by atoms with E-state index in [2.05, 4.69) is 10.3 Å². The van der Waals surface area contributed by atoms with Crippen LogP contribution in [0.1, 0.15) is 11.1 Å². The van der Waals surface area contributed by atoms with Gasteiger partial charge in [-0.25, -0.2) is 4.79 Å². The highest BCUT2D eigenvalue weighted by Crippen LogP contribution is 2.17. The number of alkyl carbamates (subject to hydrolysis) is 1. The zero-order chi connectivity index (χ0) is 17.6. The van der Waals surface area contributed by atoms with E-state index < -0.39 is 11.0 Å². The van der Waals surface area contributed by atoms with E-state index in [4.69, 9.17) is 4.74 Å². The van der Waals surface area contributed by atoms with Gasteiger partial charge in [0.2, 0.25) is 0 Å². The number of carbonyl (C=O) groups excluding carboxylic acids is 1. The normalized spacial score (nSPS) is 10.6. The molecule has 2 aromatic carbocycles. The quantitative estimate of drug-likeness (QED) is 0.530. The van der Waals surface area contributed by atoms with Crippen LogP contribution in [0.4, 0.5) is 10.5 Å². The van der Waals surface area contributed by atoms with Crippen LogP contribution < -0.4 is 5.32 Å². The summed E-state index contributed by atoms with van der Waals surface area (Å²) in [7, 11) is 0. The SMILES string of the molecule is O=C(NCCc1c[nH]c2ccccc12)OCc1ccc([N+](=O)[O-])cc1. The Bertz CT molecular complexity index is 887. The van der Waals surface area contributed by atoms with E-state index in [1.807, 2.05) is 30.5 Å². The van der Waals surface area contributed by atoms with E-state index in [9.17, 15) is 14.9 Å². The zero-order valence-corrected chi connectivity index (χ0v) is 13.4. The van der Waals surface area contributed by atoms with Crippen LogP contribution in [0.3, 0.4) is 0 Å². The van der Waals surface area contributed by atoms with E-state index in [-0.39, 0.29) is 12.3 Å². The maximum atomic E-state index is 11.7. The summed E-state index contributed by atoms with van der Waals surface area (Å²) < 4.78 is 5.11. The molecule has 0 atom stereocenters. The Hall–Kier alpha value is -3.35. The molecule has 1 aromatic heterocycles. The largest absolute Gasteiger partial charge is 0.445 e. The average Bonchev–Trinajstić information content (AvgIpc) is 3.04. The number of nitrogens with one attached hydrogen (secondary N) is 2. The number of amides is 1. The third-order valence-corrected chi connectivity index (χ3v) is 3.86. The number of non-ortho nitro benzene ring substituents is 1. The molecular formula is C18H17N3O4. The van der Waals surface area contributed by atoms with Gasteiger partial charge in [0.15, 0.2) is 0 Å². The second-order valence-electron chi connectivity index (χ2n) is 5.54. The van der Waals surface area contributed by atoms with Crippen LogP contribution in [-0.2, 0) is 17.8 Å².